The number of anilines is 1. The van der Waals surface area contributed by atoms with Gasteiger partial charge in [-0.15, -0.1) is 10.2 Å². The number of piperazine rings is 1. The van der Waals surface area contributed by atoms with E-state index in [1.807, 2.05) is 0 Å². The van der Waals surface area contributed by atoms with Gasteiger partial charge in [0, 0.05) is 38.8 Å². The number of aromatic nitrogens is 2. The second-order valence-electron chi connectivity index (χ2n) is 4.90. The molecule has 2 rings (SSSR count). The van der Waals surface area contributed by atoms with Gasteiger partial charge < -0.3 is 10.2 Å². The van der Waals surface area contributed by atoms with E-state index in [1.165, 1.54) is 11.3 Å². The first kappa shape index (κ1) is 15.1. The molecule has 112 valence electrons. The quantitative estimate of drug-likeness (QED) is 0.836. The monoisotopic (exact) mass is 298 g/mol. The first-order chi connectivity index (χ1) is 9.69. The Hall–Kier alpha value is -1.25. The summed E-state index contributed by atoms with van der Waals surface area (Å²) in [4.78, 5) is 16.5. The van der Waals surface area contributed by atoms with E-state index in [4.69, 9.17) is 0 Å². The van der Waals surface area contributed by atoms with Gasteiger partial charge in [-0.05, 0) is 13.5 Å². The molecule has 0 aliphatic carbocycles. The Balaban J connectivity index is 1.67. The normalized spacial score (nSPS) is 18.7. The summed E-state index contributed by atoms with van der Waals surface area (Å²) < 4.78 is 0. The van der Waals surface area contributed by atoms with Gasteiger partial charge in [-0.3, -0.25) is 10.2 Å². The Morgan fingerprint density at radius 2 is 2.20 bits per heavy atom. The zero-order valence-corrected chi connectivity index (χ0v) is 12.8. The molecule has 0 radical (unpaired) electrons. The molecule has 1 aliphatic heterocycles. The minimum atomic E-state index is -0.221. The van der Waals surface area contributed by atoms with E-state index in [0.29, 0.717) is 17.7 Å². The third kappa shape index (κ3) is 4.39. The van der Waals surface area contributed by atoms with Crippen molar-refractivity contribution in [2.45, 2.75) is 19.9 Å². The van der Waals surface area contributed by atoms with Crippen LogP contribution in [0.3, 0.4) is 0 Å². The molecule has 1 atom stereocenters. The summed E-state index contributed by atoms with van der Waals surface area (Å²) in [6.45, 7) is 10.4. The van der Waals surface area contributed by atoms with E-state index in [1.54, 1.807) is 5.51 Å². The van der Waals surface area contributed by atoms with Crippen molar-refractivity contribution in [3.05, 3.63) is 5.51 Å². The smallest absolute Gasteiger partial charge is 0.321 e. The molecule has 0 bridgehead atoms. The molecule has 0 spiro atoms. The van der Waals surface area contributed by atoms with Gasteiger partial charge in [0.15, 0.2) is 0 Å². The molecule has 1 saturated heterocycles. The average Bonchev–Trinajstić information content (AvgIpc) is 2.97. The van der Waals surface area contributed by atoms with Gasteiger partial charge in [0.1, 0.15) is 5.51 Å². The van der Waals surface area contributed by atoms with Gasteiger partial charge in [-0.25, -0.2) is 4.79 Å². The molecule has 8 heteroatoms. The van der Waals surface area contributed by atoms with Crippen LogP contribution in [0.2, 0.25) is 0 Å². The number of hydrogen-bond donors (Lipinski definition) is 2. The highest BCUT2D eigenvalue weighted by Crippen LogP contribution is 2.08. The molecule has 2 heterocycles. The van der Waals surface area contributed by atoms with Crippen LogP contribution in [0.5, 0.6) is 0 Å². The first-order valence-corrected chi connectivity index (χ1v) is 7.84. The summed E-state index contributed by atoms with van der Waals surface area (Å²) in [5, 5.41) is 13.5. The summed E-state index contributed by atoms with van der Waals surface area (Å²) in [6, 6.07) is 0.120. The van der Waals surface area contributed by atoms with E-state index >= 15 is 0 Å². The second kappa shape index (κ2) is 7.51. The van der Waals surface area contributed by atoms with Crippen molar-refractivity contribution in [1.82, 2.24) is 25.3 Å². The van der Waals surface area contributed by atoms with Gasteiger partial charge in [0.25, 0.3) is 0 Å². The molecular weight excluding hydrogens is 276 g/mol. The lowest BCUT2D eigenvalue weighted by atomic mass is 10.2. The van der Waals surface area contributed by atoms with Crippen molar-refractivity contribution < 1.29 is 4.79 Å². The van der Waals surface area contributed by atoms with E-state index in [2.05, 4.69) is 44.5 Å². The lowest BCUT2D eigenvalue weighted by Crippen LogP contribution is -2.52. The minimum Gasteiger partial charge on any atom is -0.336 e. The van der Waals surface area contributed by atoms with Gasteiger partial charge in [-0.2, -0.15) is 0 Å². The van der Waals surface area contributed by atoms with E-state index < -0.39 is 0 Å². The van der Waals surface area contributed by atoms with Crippen LogP contribution in [0.25, 0.3) is 0 Å². The molecule has 1 aliphatic rings. The van der Waals surface area contributed by atoms with Crippen LogP contribution < -0.4 is 10.6 Å². The summed E-state index contributed by atoms with van der Waals surface area (Å²) >= 11 is 1.31. The maximum atomic E-state index is 11.7. The maximum absolute atomic E-state index is 11.7. The third-order valence-corrected chi connectivity index (χ3v) is 4.22. The molecule has 0 unspecified atom stereocenters. The van der Waals surface area contributed by atoms with Crippen molar-refractivity contribution in [2.24, 2.45) is 0 Å². The molecular formula is C12H22N6OS. The number of carbonyl (C=O) groups excluding carboxylic acids is 1. The van der Waals surface area contributed by atoms with Crippen molar-refractivity contribution in [1.29, 1.82) is 0 Å². The highest BCUT2D eigenvalue weighted by atomic mass is 32.1. The van der Waals surface area contributed by atoms with Crippen LogP contribution in [-0.2, 0) is 0 Å². The molecule has 2 amide bonds. The standard InChI is InChI=1S/C12H22N6OS/c1-3-17-4-6-18(7-5-17)10(2)8-13-11(19)15-12-16-14-9-20-12/h9-10H,3-8H2,1-2H3,(H2,13,15,16,19)/t10-/m1/s1. The van der Waals surface area contributed by atoms with E-state index in [0.717, 1.165) is 32.7 Å². The molecule has 1 aromatic rings. The number of nitrogens with zero attached hydrogens (tertiary/aromatic N) is 4. The number of nitrogens with one attached hydrogen (secondary N) is 2. The van der Waals surface area contributed by atoms with Crippen LogP contribution in [-0.4, -0.2) is 71.3 Å². The van der Waals surface area contributed by atoms with Crippen LogP contribution >= 0.6 is 11.3 Å². The largest absolute Gasteiger partial charge is 0.336 e. The maximum Gasteiger partial charge on any atom is 0.321 e. The van der Waals surface area contributed by atoms with Crippen LogP contribution in [0.15, 0.2) is 5.51 Å². The Morgan fingerprint density at radius 1 is 1.45 bits per heavy atom. The molecule has 1 aromatic heterocycles. The van der Waals surface area contributed by atoms with Crippen LogP contribution in [0.1, 0.15) is 13.8 Å². The van der Waals surface area contributed by atoms with Crippen molar-refractivity contribution in [3.8, 4) is 0 Å². The van der Waals surface area contributed by atoms with E-state index in [-0.39, 0.29) is 6.03 Å². The first-order valence-electron chi connectivity index (χ1n) is 6.96. The summed E-state index contributed by atoms with van der Waals surface area (Å²) in [5.41, 5.74) is 1.59. The fourth-order valence-electron chi connectivity index (χ4n) is 2.26. The number of hydrogen-bond acceptors (Lipinski definition) is 6. The summed E-state index contributed by atoms with van der Waals surface area (Å²) in [7, 11) is 0. The summed E-state index contributed by atoms with van der Waals surface area (Å²) in [5.74, 6) is 0. The number of carbonyl (C=O) groups is 1. The topological polar surface area (TPSA) is 73.4 Å². The number of rotatable bonds is 5. The highest BCUT2D eigenvalue weighted by molar-refractivity contribution is 7.13. The van der Waals surface area contributed by atoms with Crippen molar-refractivity contribution in [2.75, 3.05) is 44.6 Å². The molecule has 7 nitrogen and oxygen atoms in total. The zero-order valence-electron chi connectivity index (χ0n) is 12.0. The van der Waals surface area contributed by atoms with Gasteiger partial charge in [0.2, 0.25) is 5.13 Å². The van der Waals surface area contributed by atoms with Crippen molar-refractivity contribution in [3.63, 3.8) is 0 Å². The second-order valence-corrected chi connectivity index (χ2v) is 5.73. The highest BCUT2D eigenvalue weighted by Gasteiger charge is 2.20. The average molecular weight is 298 g/mol. The number of amides is 2. The van der Waals surface area contributed by atoms with Crippen LogP contribution in [0.4, 0.5) is 9.93 Å². The Bertz CT molecular complexity index is 404. The van der Waals surface area contributed by atoms with Gasteiger partial charge in [0.05, 0.1) is 0 Å². The number of urea groups is 1. The molecule has 0 saturated carbocycles. The third-order valence-electron chi connectivity index (χ3n) is 3.62. The lowest BCUT2D eigenvalue weighted by Gasteiger charge is -2.37. The fraction of sp³-hybridized carbons (Fsp3) is 0.750. The Labute approximate surface area is 123 Å². The predicted octanol–water partition coefficient (Wildman–Crippen LogP) is 0.686. The molecule has 1 fully saturated rings. The van der Waals surface area contributed by atoms with E-state index in [9.17, 15) is 4.79 Å². The van der Waals surface area contributed by atoms with Gasteiger partial charge >= 0.3 is 6.03 Å². The summed E-state index contributed by atoms with van der Waals surface area (Å²) in [6.07, 6.45) is 0. The SMILES string of the molecule is CCN1CCN([C@H](C)CNC(=O)Nc2nncs2)CC1. The Kier molecular flexibility index (Phi) is 5.69. The zero-order chi connectivity index (χ0) is 14.4. The fourth-order valence-corrected chi connectivity index (χ4v) is 2.70. The number of likely N-dealkylation sites (N-methyl/N-ethyl adjacent to an activating group) is 1. The molecule has 0 aromatic carbocycles. The Morgan fingerprint density at radius 3 is 2.80 bits per heavy atom. The van der Waals surface area contributed by atoms with Crippen molar-refractivity contribution >= 4 is 22.5 Å². The lowest BCUT2D eigenvalue weighted by molar-refractivity contribution is 0.106. The minimum absolute atomic E-state index is 0.221. The predicted molar refractivity (Wildman–Crippen MR) is 80.1 cm³/mol. The van der Waals surface area contributed by atoms with Gasteiger partial charge in [-0.1, -0.05) is 18.3 Å². The van der Waals surface area contributed by atoms with Crippen LogP contribution in [0, 0.1) is 0 Å². The molecule has 20 heavy (non-hydrogen) atoms. The molecule has 2 N–H and O–H groups in total.